The molecule has 0 bridgehead atoms. The van der Waals surface area contributed by atoms with E-state index >= 15 is 0 Å². The second-order valence-corrected chi connectivity index (χ2v) is 4.44. The summed E-state index contributed by atoms with van der Waals surface area (Å²) in [6.07, 6.45) is 3.03. The maximum Gasteiger partial charge on any atom is 0.0541 e. The van der Waals surface area contributed by atoms with Gasteiger partial charge in [-0.2, -0.15) is 0 Å². The highest BCUT2D eigenvalue weighted by molar-refractivity contribution is 5.02. The highest BCUT2D eigenvalue weighted by Crippen LogP contribution is 2.17. The molecule has 0 atom stereocenters. The van der Waals surface area contributed by atoms with Gasteiger partial charge in [-0.05, 0) is 24.0 Å². The Morgan fingerprint density at radius 1 is 1.36 bits per heavy atom. The summed E-state index contributed by atoms with van der Waals surface area (Å²) >= 11 is 0. The molecular formula is C12H20N2. The second-order valence-electron chi connectivity index (χ2n) is 4.44. The second kappa shape index (κ2) is 5.11. The Bertz CT molecular complexity index is 254. The van der Waals surface area contributed by atoms with Crippen LogP contribution in [0.1, 0.15) is 32.9 Å². The van der Waals surface area contributed by atoms with E-state index in [9.17, 15) is 0 Å². The molecule has 0 aliphatic carbocycles. The minimum atomic E-state index is 0.384. The van der Waals surface area contributed by atoms with Crippen LogP contribution in [0.2, 0.25) is 0 Å². The summed E-state index contributed by atoms with van der Waals surface area (Å²) in [5.41, 5.74) is 1.49. The first-order valence-electron chi connectivity index (χ1n) is 5.25. The zero-order chi connectivity index (χ0) is 10.4. The van der Waals surface area contributed by atoms with Gasteiger partial charge in [0.1, 0.15) is 0 Å². The van der Waals surface area contributed by atoms with Crippen LogP contribution >= 0.6 is 0 Å². The van der Waals surface area contributed by atoms with Crippen LogP contribution in [0.5, 0.6) is 0 Å². The summed E-state index contributed by atoms with van der Waals surface area (Å²) in [5.74, 6) is 0. The van der Waals surface area contributed by atoms with Crippen molar-refractivity contribution in [3.8, 4) is 0 Å². The molecule has 14 heavy (non-hydrogen) atoms. The third-order valence-corrected chi connectivity index (χ3v) is 2.59. The summed E-state index contributed by atoms with van der Waals surface area (Å²) in [5, 5.41) is 3.43. The highest BCUT2D eigenvalue weighted by atomic mass is 14.9. The van der Waals surface area contributed by atoms with Crippen LogP contribution in [0.4, 0.5) is 0 Å². The molecule has 0 amide bonds. The van der Waals surface area contributed by atoms with Crippen LogP contribution in [-0.4, -0.2) is 11.5 Å². The molecule has 2 heteroatoms. The van der Waals surface area contributed by atoms with Crippen molar-refractivity contribution in [1.29, 1.82) is 0 Å². The van der Waals surface area contributed by atoms with E-state index in [-0.39, 0.29) is 0 Å². The lowest BCUT2D eigenvalue weighted by Gasteiger charge is -2.22. The van der Waals surface area contributed by atoms with E-state index in [4.69, 9.17) is 0 Å². The molecule has 1 aromatic rings. The van der Waals surface area contributed by atoms with Crippen molar-refractivity contribution < 1.29 is 0 Å². The van der Waals surface area contributed by atoms with Crippen molar-refractivity contribution in [3.63, 3.8) is 0 Å². The molecular weight excluding hydrogens is 172 g/mol. The molecule has 0 saturated heterocycles. The zero-order valence-electron chi connectivity index (χ0n) is 9.38. The number of nitrogens with zero attached hydrogens (tertiary/aromatic N) is 1. The summed E-state index contributed by atoms with van der Waals surface area (Å²) in [6, 6.07) is 6.01. The molecule has 0 spiro atoms. The van der Waals surface area contributed by atoms with Gasteiger partial charge in [0.2, 0.25) is 0 Å². The van der Waals surface area contributed by atoms with E-state index in [1.54, 1.807) is 0 Å². The Morgan fingerprint density at radius 3 is 2.71 bits per heavy atom. The summed E-state index contributed by atoms with van der Waals surface area (Å²) in [6.45, 7) is 8.68. The van der Waals surface area contributed by atoms with Crippen LogP contribution in [0.25, 0.3) is 0 Å². The number of hydrogen-bond acceptors (Lipinski definition) is 2. The van der Waals surface area contributed by atoms with Crippen LogP contribution < -0.4 is 5.32 Å². The maximum atomic E-state index is 4.26. The van der Waals surface area contributed by atoms with Crippen LogP contribution in [0.15, 0.2) is 24.4 Å². The maximum absolute atomic E-state index is 4.26. The average Bonchev–Trinajstić information content (AvgIpc) is 2.19. The molecule has 0 saturated carbocycles. The van der Waals surface area contributed by atoms with Crippen molar-refractivity contribution in [2.24, 2.45) is 5.41 Å². The van der Waals surface area contributed by atoms with E-state index in [1.165, 1.54) is 6.42 Å². The fourth-order valence-electron chi connectivity index (χ4n) is 1.16. The van der Waals surface area contributed by atoms with Gasteiger partial charge in [0, 0.05) is 19.3 Å². The van der Waals surface area contributed by atoms with Crippen molar-refractivity contribution in [2.75, 3.05) is 6.54 Å². The number of nitrogens with one attached hydrogen (secondary N) is 1. The topological polar surface area (TPSA) is 24.9 Å². The van der Waals surface area contributed by atoms with Gasteiger partial charge >= 0.3 is 0 Å². The van der Waals surface area contributed by atoms with Gasteiger partial charge in [-0.3, -0.25) is 4.98 Å². The quantitative estimate of drug-likeness (QED) is 0.775. The first-order chi connectivity index (χ1) is 6.64. The third-order valence-electron chi connectivity index (χ3n) is 2.59. The Balaban J connectivity index is 2.29. The first kappa shape index (κ1) is 11.2. The number of hydrogen-bond donors (Lipinski definition) is 1. The highest BCUT2D eigenvalue weighted by Gasteiger charge is 2.13. The predicted molar refractivity (Wildman–Crippen MR) is 60.0 cm³/mol. The van der Waals surface area contributed by atoms with Gasteiger partial charge in [-0.15, -0.1) is 0 Å². The summed E-state index contributed by atoms with van der Waals surface area (Å²) in [4.78, 5) is 4.26. The molecule has 1 heterocycles. The summed E-state index contributed by atoms with van der Waals surface area (Å²) < 4.78 is 0. The van der Waals surface area contributed by atoms with Gasteiger partial charge in [0.25, 0.3) is 0 Å². The Morgan fingerprint density at radius 2 is 2.14 bits per heavy atom. The monoisotopic (exact) mass is 192 g/mol. The molecule has 1 rings (SSSR count). The smallest absolute Gasteiger partial charge is 0.0541 e. The number of rotatable bonds is 5. The zero-order valence-corrected chi connectivity index (χ0v) is 9.38. The van der Waals surface area contributed by atoms with E-state index < -0.39 is 0 Å². The minimum Gasteiger partial charge on any atom is -0.311 e. The molecule has 0 aromatic carbocycles. The first-order valence-corrected chi connectivity index (χ1v) is 5.25. The Kier molecular flexibility index (Phi) is 4.08. The van der Waals surface area contributed by atoms with Crippen molar-refractivity contribution in [3.05, 3.63) is 30.1 Å². The Labute approximate surface area is 86.8 Å². The van der Waals surface area contributed by atoms with E-state index in [1.807, 2.05) is 24.4 Å². The van der Waals surface area contributed by atoms with Gasteiger partial charge in [0.05, 0.1) is 5.69 Å². The van der Waals surface area contributed by atoms with Gasteiger partial charge in [-0.1, -0.05) is 26.8 Å². The minimum absolute atomic E-state index is 0.384. The molecule has 0 aliphatic heterocycles. The molecule has 78 valence electrons. The average molecular weight is 192 g/mol. The normalized spacial score (nSPS) is 11.6. The summed E-state index contributed by atoms with van der Waals surface area (Å²) in [7, 11) is 0. The largest absolute Gasteiger partial charge is 0.311 e. The van der Waals surface area contributed by atoms with Crippen molar-refractivity contribution in [2.45, 2.75) is 33.7 Å². The molecule has 0 fully saturated rings. The van der Waals surface area contributed by atoms with E-state index in [0.717, 1.165) is 18.8 Å². The predicted octanol–water partition coefficient (Wildman–Crippen LogP) is 2.61. The van der Waals surface area contributed by atoms with E-state index in [2.05, 4.69) is 31.1 Å². The molecule has 2 nitrogen and oxygen atoms in total. The van der Waals surface area contributed by atoms with Gasteiger partial charge < -0.3 is 5.32 Å². The lowest BCUT2D eigenvalue weighted by atomic mass is 9.90. The van der Waals surface area contributed by atoms with E-state index in [0.29, 0.717) is 5.41 Å². The molecule has 1 N–H and O–H groups in total. The fourth-order valence-corrected chi connectivity index (χ4v) is 1.16. The van der Waals surface area contributed by atoms with Crippen LogP contribution in [-0.2, 0) is 6.54 Å². The van der Waals surface area contributed by atoms with Crippen molar-refractivity contribution >= 4 is 0 Å². The lowest BCUT2D eigenvalue weighted by Crippen LogP contribution is -2.28. The fraction of sp³-hybridized carbons (Fsp3) is 0.583. The standard InChI is InChI=1S/C12H20N2/c1-4-12(2,3)10-13-9-11-7-5-6-8-14-11/h5-8,13H,4,9-10H2,1-3H3. The van der Waals surface area contributed by atoms with Gasteiger partial charge in [-0.25, -0.2) is 0 Å². The number of aromatic nitrogens is 1. The molecule has 0 unspecified atom stereocenters. The number of pyridine rings is 1. The SMILES string of the molecule is CCC(C)(C)CNCc1ccccn1. The van der Waals surface area contributed by atoms with Crippen LogP contribution in [0, 0.1) is 5.41 Å². The lowest BCUT2D eigenvalue weighted by molar-refractivity contribution is 0.327. The molecule has 1 aromatic heterocycles. The Hall–Kier alpha value is -0.890. The van der Waals surface area contributed by atoms with Crippen LogP contribution in [0.3, 0.4) is 0 Å². The van der Waals surface area contributed by atoms with Gasteiger partial charge in [0.15, 0.2) is 0 Å². The third kappa shape index (κ3) is 3.88. The van der Waals surface area contributed by atoms with Crippen molar-refractivity contribution in [1.82, 2.24) is 10.3 Å². The molecule has 0 radical (unpaired) electrons. The molecule has 0 aliphatic rings.